The third-order valence-corrected chi connectivity index (χ3v) is 4.28. The zero-order valence-corrected chi connectivity index (χ0v) is 14.9. The van der Waals surface area contributed by atoms with E-state index in [1.165, 1.54) is 30.6 Å². The number of nitrogens with zero attached hydrogens (tertiary/aromatic N) is 2. The summed E-state index contributed by atoms with van der Waals surface area (Å²) < 4.78 is 10.7. The van der Waals surface area contributed by atoms with Crippen molar-refractivity contribution >= 4 is 22.4 Å². The van der Waals surface area contributed by atoms with Crippen molar-refractivity contribution in [2.24, 2.45) is 0 Å². The minimum absolute atomic E-state index is 0.105. The summed E-state index contributed by atoms with van der Waals surface area (Å²) in [7, 11) is 1.56. The first-order chi connectivity index (χ1) is 11.7. The van der Waals surface area contributed by atoms with Crippen molar-refractivity contribution in [3.05, 3.63) is 29.3 Å². The molecule has 0 saturated heterocycles. The van der Waals surface area contributed by atoms with E-state index in [0.29, 0.717) is 16.6 Å². The Bertz CT molecular complexity index is 646. The average Bonchev–Trinajstić information content (AvgIpc) is 3.04. The van der Waals surface area contributed by atoms with Gasteiger partial charge in [0.05, 0.1) is 7.11 Å². The van der Waals surface area contributed by atoms with E-state index in [2.05, 4.69) is 22.4 Å². The zero-order valence-electron chi connectivity index (χ0n) is 14.1. The fraction of sp³-hybridized carbons (Fsp3) is 0.471. The van der Waals surface area contributed by atoms with Gasteiger partial charge >= 0.3 is 0 Å². The number of ether oxygens (including phenoxy) is 2. The molecule has 0 aliphatic heterocycles. The Morgan fingerprint density at radius 3 is 2.71 bits per heavy atom. The standard InChI is InChI=1S/C17H23N3O3S/c1-3-4-5-6-11-16-19-20-17(24-16)18-15(21)12-23-14-10-8-7-9-13(14)22-2/h7-10H,3-6,11-12H2,1-2H3,(H,18,20,21). The summed E-state index contributed by atoms with van der Waals surface area (Å²) in [5.41, 5.74) is 0. The zero-order chi connectivity index (χ0) is 17.2. The Morgan fingerprint density at radius 2 is 1.96 bits per heavy atom. The summed E-state index contributed by atoms with van der Waals surface area (Å²) in [6.07, 6.45) is 5.66. The van der Waals surface area contributed by atoms with Gasteiger partial charge in [0.1, 0.15) is 5.01 Å². The van der Waals surface area contributed by atoms with Crippen LogP contribution in [-0.4, -0.2) is 29.8 Å². The molecule has 24 heavy (non-hydrogen) atoms. The van der Waals surface area contributed by atoms with Gasteiger partial charge in [0.15, 0.2) is 18.1 Å². The number of unbranched alkanes of at least 4 members (excludes halogenated alkanes) is 3. The Balaban J connectivity index is 1.77. The van der Waals surface area contributed by atoms with Gasteiger partial charge in [-0.25, -0.2) is 0 Å². The second-order valence-corrected chi connectivity index (χ2v) is 6.36. The molecule has 0 fully saturated rings. The van der Waals surface area contributed by atoms with E-state index in [1.54, 1.807) is 19.2 Å². The fourth-order valence-corrected chi connectivity index (χ4v) is 2.94. The lowest BCUT2D eigenvalue weighted by Crippen LogP contribution is -2.20. The van der Waals surface area contributed by atoms with Crippen molar-refractivity contribution in [1.29, 1.82) is 0 Å². The summed E-state index contributed by atoms with van der Waals surface area (Å²) >= 11 is 1.41. The maximum Gasteiger partial charge on any atom is 0.264 e. The number of methoxy groups -OCH3 is 1. The molecule has 0 aliphatic rings. The SMILES string of the molecule is CCCCCCc1nnc(NC(=O)COc2ccccc2OC)s1. The van der Waals surface area contributed by atoms with Crippen molar-refractivity contribution in [1.82, 2.24) is 10.2 Å². The number of nitrogens with one attached hydrogen (secondary N) is 1. The fourth-order valence-electron chi connectivity index (χ4n) is 2.14. The first-order valence-corrected chi connectivity index (χ1v) is 8.92. The number of rotatable bonds is 10. The van der Waals surface area contributed by atoms with Crippen molar-refractivity contribution in [3.8, 4) is 11.5 Å². The van der Waals surface area contributed by atoms with Crippen LogP contribution in [0.25, 0.3) is 0 Å². The third kappa shape index (κ3) is 5.81. The molecule has 0 unspecified atom stereocenters. The number of carbonyl (C=O) groups is 1. The Kier molecular flexibility index (Phi) is 7.48. The van der Waals surface area contributed by atoms with Gasteiger partial charge < -0.3 is 9.47 Å². The van der Waals surface area contributed by atoms with Gasteiger partial charge in [-0.05, 0) is 18.6 Å². The molecule has 0 radical (unpaired) electrons. The maximum atomic E-state index is 12.0. The molecule has 7 heteroatoms. The van der Waals surface area contributed by atoms with Gasteiger partial charge in [-0.15, -0.1) is 10.2 Å². The lowest BCUT2D eigenvalue weighted by Gasteiger charge is -2.09. The number of carbonyl (C=O) groups excluding carboxylic acids is 1. The molecule has 1 heterocycles. The van der Waals surface area contributed by atoms with Crippen LogP contribution in [-0.2, 0) is 11.2 Å². The summed E-state index contributed by atoms with van der Waals surface area (Å²) in [6.45, 7) is 2.08. The number of hydrogen-bond acceptors (Lipinski definition) is 6. The molecule has 0 bridgehead atoms. The molecule has 1 N–H and O–H groups in total. The Hall–Kier alpha value is -2.15. The van der Waals surface area contributed by atoms with Crippen LogP contribution in [0.5, 0.6) is 11.5 Å². The predicted octanol–water partition coefficient (Wildman–Crippen LogP) is 3.69. The van der Waals surface area contributed by atoms with E-state index < -0.39 is 0 Å². The largest absolute Gasteiger partial charge is 0.493 e. The van der Waals surface area contributed by atoms with Crippen LogP contribution in [0.1, 0.15) is 37.6 Å². The van der Waals surface area contributed by atoms with E-state index in [4.69, 9.17) is 9.47 Å². The highest BCUT2D eigenvalue weighted by Crippen LogP contribution is 2.25. The molecule has 0 saturated carbocycles. The van der Waals surface area contributed by atoms with E-state index in [1.807, 2.05) is 12.1 Å². The molecule has 1 aromatic heterocycles. The molecule has 130 valence electrons. The Morgan fingerprint density at radius 1 is 1.17 bits per heavy atom. The number of hydrogen-bond donors (Lipinski definition) is 1. The van der Waals surface area contributed by atoms with Gasteiger partial charge in [-0.1, -0.05) is 49.7 Å². The molecule has 6 nitrogen and oxygen atoms in total. The van der Waals surface area contributed by atoms with Crippen LogP contribution >= 0.6 is 11.3 Å². The number of para-hydroxylation sites is 2. The molecule has 2 aromatic rings. The lowest BCUT2D eigenvalue weighted by atomic mass is 10.2. The predicted molar refractivity (Wildman–Crippen MR) is 94.9 cm³/mol. The van der Waals surface area contributed by atoms with Gasteiger partial charge in [0.25, 0.3) is 5.91 Å². The van der Waals surface area contributed by atoms with E-state index in [9.17, 15) is 4.79 Å². The van der Waals surface area contributed by atoms with Gasteiger partial charge in [0, 0.05) is 6.42 Å². The van der Waals surface area contributed by atoms with Gasteiger partial charge in [-0.2, -0.15) is 0 Å². The molecular weight excluding hydrogens is 326 g/mol. The summed E-state index contributed by atoms with van der Waals surface area (Å²) in [5.74, 6) is 0.856. The number of aromatic nitrogens is 2. The van der Waals surface area contributed by atoms with Crippen LogP contribution in [0.3, 0.4) is 0 Å². The molecule has 1 amide bonds. The minimum Gasteiger partial charge on any atom is -0.493 e. The van der Waals surface area contributed by atoms with E-state index >= 15 is 0 Å². The molecule has 0 aliphatic carbocycles. The number of anilines is 1. The molecule has 1 aromatic carbocycles. The lowest BCUT2D eigenvalue weighted by molar-refractivity contribution is -0.118. The molecule has 0 atom stereocenters. The average molecular weight is 349 g/mol. The smallest absolute Gasteiger partial charge is 0.264 e. The number of aryl methyl sites for hydroxylation is 1. The van der Waals surface area contributed by atoms with Crippen LogP contribution in [0.2, 0.25) is 0 Å². The van der Waals surface area contributed by atoms with Crippen molar-refractivity contribution in [3.63, 3.8) is 0 Å². The van der Waals surface area contributed by atoms with Crippen LogP contribution < -0.4 is 14.8 Å². The second-order valence-electron chi connectivity index (χ2n) is 5.30. The molecular formula is C17H23N3O3S. The summed E-state index contributed by atoms with van der Waals surface area (Å²) in [6, 6.07) is 7.20. The number of amides is 1. The maximum absolute atomic E-state index is 12.0. The van der Waals surface area contributed by atoms with Crippen molar-refractivity contribution in [2.45, 2.75) is 39.0 Å². The topological polar surface area (TPSA) is 73.3 Å². The normalized spacial score (nSPS) is 10.4. The Labute approximate surface area is 146 Å². The highest BCUT2D eigenvalue weighted by molar-refractivity contribution is 7.15. The van der Waals surface area contributed by atoms with Gasteiger partial charge in [0.2, 0.25) is 5.13 Å². The first-order valence-electron chi connectivity index (χ1n) is 8.11. The molecule has 0 spiro atoms. The van der Waals surface area contributed by atoms with Crippen LogP contribution in [0.15, 0.2) is 24.3 Å². The van der Waals surface area contributed by atoms with E-state index in [0.717, 1.165) is 17.8 Å². The van der Waals surface area contributed by atoms with Gasteiger partial charge in [-0.3, -0.25) is 10.1 Å². The van der Waals surface area contributed by atoms with Crippen LogP contribution in [0.4, 0.5) is 5.13 Å². The van der Waals surface area contributed by atoms with E-state index in [-0.39, 0.29) is 12.5 Å². The highest BCUT2D eigenvalue weighted by atomic mass is 32.1. The quantitative estimate of drug-likeness (QED) is 0.662. The van der Waals surface area contributed by atoms with Crippen LogP contribution in [0, 0.1) is 0 Å². The monoisotopic (exact) mass is 349 g/mol. The highest BCUT2D eigenvalue weighted by Gasteiger charge is 2.10. The second kappa shape index (κ2) is 9.87. The number of benzene rings is 1. The third-order valence-electron chi connectivity index (χ3n) is 3.39. The minimum atomic E-state index is -0.269. The first kappa shape index (κ1) is 18.2. The van der Waals surface area contributed by atoms with Crippen molar-refractivity contribution < 1.29 is 14.3 Å². The summed E-state index contributed by atoms with van der Waals surface area (Å²) in [4.78, 5) is 12.0. The molecule has 2 rings (SSSR count). The summed E-state index contributed by atoms with van der Waals surface area (Å²) in [5, 5.41) is 12.3. The van der Waals surface area contributed by atoms with Crippen molar-refractivity contribution in [2.75, 3.05) is 19.0 Å².